The Kier molecular flexibility index (Phi) is 32.2. The van der Waals surface area contributed by atoms with Gasteiger partial charge in [0.25, 0.3) is 17.1 Å². The number of hydrogen-bond acceptors (Lipinski definition) is 19. The van der Waals surface area contributed by atoms with Crippen molar-refractivity contribution < 1.29 is 61.3 Å². The van der Waals surface area contributed by atoms with Crippen LogP contribution >= 0.6 is 15.9 Å². The van der Waals surface area contributed by atoms with Gasteiger partial charge < -0.3 is 74.1 Å². The van der Waals surface area contributed by atoms with Crippen LogP contribution in [0.2, 0.25) is 51.4 Å². The number of likely N-dealkylation sites (N-methyl/N-ethyl adjacent to an activating group) is 1. The van der Waals surface area contributed by atoms with Gasteiger partial charge in [-0.1, -0.05) is 99.0 Å². The molecule has 3 aliphatic heterocycles. The highest BCUT2D eigenvalue weighted by Crippen LogP contribution is 2.43. The number of rotatable bonds is 28. The first kappa shape index (κ1) is 88.2. The molecule has 0 unspecified atom stereocenters. The summed E-state index contributed by atoms with van der Waals surface area (Å²) < 4.78 is 90.4. The fourth-order valence-corrected chi connectivity index (χ4v) is 14.0. The minimum Gasteiger partial charge on any atom is -0.487 e. The maximum atomic E-state index is 14.5. The van der Waals surface area contributed by atoms with E-state index in [4.69, 9.17) is 89.8 Å². The van der Waals surface area contributed by atoms with Crippen molar-refractivity contribution in [1.82, 2.24) is 53.3 Å². The van der Waals surface area contributed by atoms with Gasteiger partial charge in [-0.25, -0.2) is 33.3 Å². The molecule has 33 heteroatoms. The number of anilines is 3. The maximum absolute atomic E-state index is 14.5. The summed E-state index contributed by atoms with van der Waals surface area (Å²) in [6.45, 7) is 43.3. The van der Waals surface area contributed by atoms with Gasteiger partial charge in [-0.3, -0.25) is 23.7 Å². The number of benzene rings is 5. The van der Waals surface area contributed by atoms with Crippen LogP contribution in [0.3, 0.4) is 0 Å². The molecule has 0 saturated carbocycles. The van der Waals surface area contributed by atoms with Crippen molar-refractivity contribution in [3.63, 3.8) is 0 Å². The number of carboxylic acids is 1. The second-order valence-electron chi connectivity index (χ2n) is 30.1. The van der Waals surface area contributed by atoms with Crippen molar-refractivity contribution in [1.29, 1.82) is 0 Å². The SMILES string of the molecule is C.CN(C)CC(=O)O.[C-]#[N+]c1c(-c2ccc(Br)cc2)nn(C2CCOCC2)c1N.[C-]#[N+]c1c(-c2ccc(Oc3cc(F)cc(OCc4cn(COCC[Si](C)(C)C)cn4)c3)cc2)nn(C2CCOCC2)c1N.[C-]#[N+]c1c(-c2ccc(Oc3cc(F)cc(OCc4cncn4COCC[Si](C)(C)C)c3)cc2)nn(C2CCOCC2)c1N. The van der Waals surface area contributed by atoms with Crippen molar-refractivity contribution in [2.45, 2.75) is 142 Å². The van der Waals surface area contributed by atoms with Crippen LogP contribution in [0.5, 0.6) is 34.5 Å². The number of ether oxygens (including phenoxy) is 9. The average Bonchev–Trinajstić information content (AvgIpc) is 1.27. The zero-order valence-corrected chi connectivity index (χ0v) is 69.0. The number of nitrogen functional groups attached to an aromatic ring is 3. The van der Waals surface area contributed by atoms with Crippen LogP contribution in [-0.4, -0.2) is 154 Å². The zero-order valence-electron chi connectivity index (χ0n) is 65.4. The summed E-state index contributed by atoms with van der Waals surface area (Å²) in [6.07, 6.45) is 11.9. The average molecular weight is 1680 g/mol. The smallest absolute Gasteiger partial charge is 0.317 e. The summed E-state index contributed by atoms with van der Waals surface area (Å²) >= 11 is 3.41. The number of imidazole rings is 2. The lowest BCUT2D eigenvalue weighted by Crippen LogP contribution is -2.22. The fraction of sp³-hybridized carbons (Fsp3) is 0.402. The van der Waals surface area contributed by atoms with Gasteiger partial charge in [-0.2, -0.15) is 15.3 Å². The summed E-state index contributed by atoms with van der Waals surface area (Å²) in [6, 6.07) is 33.0. The highest BCUT2D eigenvalue weighted by Gasteiger charge is 2.28. The Morgan fingerprint density at radius 1 is 0.565 bits per heavy atom. The maximum Gasteiger partial charge on any atom is 0.317 e. The highest BCUT2D eigenvalue weighted by molar-refractivity contribution is 9.10. The number of hydrogen-bond donors (Lipinski definition) is 4. The number of aromatic nitrogens is 10. The van der Waals surface area contributed by atoms with E-state index in [0.717, 1.165) is 84.1 Å². The molecular weight excluding hydrogens is 1570 g/mol. The molecule has 13 rings (SSSR count). The predicted molar refractivity (Wildman–Crippen MR) is 447 cm³/mol. The second-order valence-corrected chi connectivity index (χ2v) is 42.2. The Balaban J connectivity index is 0.000000198. The van der Waals surface area contributed by atoms with Crippen LogP contribution in [-0.2, 0) is 55.2 Å². The van der Waals surface area contributed by atoms with E-state index in [-0.39, 0.29) is 45.3 Å². The molecule has 0 bridgehead atoms. The summed E-state index contributed by atoms with van der Waals surface area (Å²) in [4.78, 5) is 30.8. The third kappa shape index (κ3) is 25.9. The summed E-state index contributed by atoms with van der Waals surface area (Å²) in [5, 5.41) is 22.0. The van der Waals surface area contributed by atoms with Crippen LogP contribution in [0.1, 0.15) is 75.5 Å². The molecule has 0 spiro atoms. The first-order valence-corrected chi connectivity index (χ1v) is 45.6. The largest absolute Gasteiger partial charge is 0.487 e. The second kappa shape index (κ2) is 42.0. The summed E-state index contributed by atoms with van der Waals surface area (Å²) in [7, 11) is 1.13. The van der Waals surface area contributed by atoms with E-state index < -0.39 is 33.8 Å². The minimum absolute atomic E-state index is 0. The predicted octanol–water partition coefficient (Wildman–Crippen LogP) is 18.2. The number of halogens is 3. The van der Waals surface area contributed by atoms with Crippen molar-refractivity contribution in [3.8, 4) is 68.3 Å². The van der Waals surface area contributed by atoms with E-state index in [2.05, 4.69) is 89.9 Å². The molecule has 0 amide bonds. The molecule has 8 heterocycles. The van der Waals surface area contributed by atoms with Crippen LogP contribution < -0.4 is 36.1 Å². The van der Waals surface area contributed by atoms with Gasteiger partial charge in [-0.05, 0) is 118 Å². The molecule has 0 atom stereocenters. The molecular formula is C82H102BrF2N17O11Si2. The zero-order chi connectivity index (χ0) is 81.5. The van der Waals surface area contributed by atoms with Gasteiger partial charge in [0.1, 0.15) is 107 Å². The number of aliphatic carboxylic acids is 1. The topological polar surface area (TPSA) is 304 Å². The molecule has 3 fully saturated rings. The van der Waals surface area contributed by atoms with E-state index >= 15 is 0 Å². The Morgan fingerprint density at radius 3 is 1.32 bits per heavy atom. The summed E-state index contributed by atoms with van der Waals surface area (Å²) in [5.41, 5.74) is 25.4. The standard InChI is InChI=1S/2C31H37FN6O4Si.C15H15BrN4O.C4H9NO2.CH4/c1-34-30-29(36-38(31(30)33)25-9-11-39-12-10-25)22-5-7-26(8-6-22)42-28-16-23(32)15-27(17-28)41-19-24-18-37(20-35-24)21-40-13-14-43(2,3)4;1-34-30-29(36-38(31(30)33)24-9-11-39-12-10-24)22-5-7-26(8-6-22)42-28-16-23(32)15-27(17-28)41-19-25-18-35-20-37(25)21-40-13-14-43(2,3)4;1-18-14-13(10-2-4-11(16)5-3-10)19-20(15(14)17)12-6-8-21-9-7-12;1-5(2)3-4(6)7;/h5-8,15-18,20,25H,9-14,19,21,33H2,2-4H3;5-8,15-18,20,24H,9-14,19,21,33H2,2-4H3;2-5,12H,6-9,17H2;3H2,1-2H3,(H,6,7);1H4. The van der Waals surface area contributed by atoms with E-state index in [1.54, 1.807) is 88.3 Å². The summed E-state index contributed by atoms with van der Waals surface area (Å²) in [5.74, 6) is 1.65. The van der Waals surface area contributed by atoms with Crippen LogP contribution in [0.25, 0.3) is 48.3 Å². The highest BCUT2D eigenvalue weighted by atomic mass is 79.9. The van der Waals surface area contributed by atoms with Crippen molar-refractivity contribution in [2.24, 2.45) is 0 Å². The molecule has 3 aliphatic rings. The van der Waals surface area contributed by atoms with Gasteiger partial charge in [0, 0.05) is 116 Å². The van der Waals surface area contributed by atoms with Crippen LogP contribution in [0.15, 0.2) is 139 Å². The monoisotopic (exact) mass is 1670 g/mol. The molecule has 0 radical (unpaired) electrons. The minimum atomic E-state index is -1.17. The number of nitrogens with two attached hydrogens (primary N) is 3. The van der Waals surface area contributed by atoms with Crippen LogP contribution in [0.4, 0.5) is 43.3 Å². The lowest BCUT2D eigenvalue weighted by molar-refractivity contribution is -0.137. The van der Waals surface area contributed by atoms with Gasteiger partial charge in [-0.15, -0.1) is 0 Å². The molecule has 10 aromatic rings. The van der Waals surface area contributed by atoms with Gasteiger partial charge >= 0.3 is 5.97 Å². The number of carbonyl (C=O) groups is 1. The van der Waals surface area contributed by atoms with Gasteiger partial charge in [0.05, 0.1) is 74.6 Å². The van der Waals surface area contributed by atoms with Crippen molar-refractivity contribution in [3.05, 3.63) is 196 Å². The molecule has 5 aromatic carbocycles. The first-order chi connectivity index (χ1) is 54.7. The third-order valence-corrected chi connectivity index (χ3v) is 22.4. The van der Waals surface area contributed by atoms with E-state index in [1.165, 1.54) is 24.3 Å². The molecule has 3 saturated heterocycles. The third-order valence-electron chi connectivity index (χ3n) is 18.4. The quantitative estimate of drug-likeness (QED) is 0.0201. The fourth-order valence-electron chi connectivity index (χ4n) is 12.3. The Bertz CT molecular complexity index is 4930. The Morgan fingerprint density at radius 2 is 0.948 bits per heavy atom. The molecule has 5 aromatic heterocycles. The molecule has 28 nitrogen and oxygen atoms in total. The number of carboxylic acid groups (broad SMARTS) is 1. The normalized spacial score (nSPS) is 14.0. The van der Waals surface area contributed by atoms with Gasteiger partial charge in [0.2, 0.25) is 0 Å². The van der Waals surface area contributed by atoms with Crippen LogP contribution in [0, 0.1) is 31.4 Å². The molecule has 610 valence electrons. The number of nitrogens with zero attached hydrogens (tertiary/aromatic N) is 14. The lowest BCUT2D eigenvalue weighted by atomic mass is 10.1. The van der Waals surface area contributed by atoms with E-state index in [1.807, 2.05) is 63.9 Å². The Hall–Kier alpha value is -10.8. The van der Waals surface area contributed by atoms with E-state index in [0.29, 0.717) is 151 Å². The lowest BCUT2D eigenvalue weighted by Gasteiger charge is -2.23. The molecule has 115 heavy (non-hydrogen) atoms. The Labute approximate surface area is 680 Å². The molecule has 7 N–H and O–H groups in total. The van der Waals surface area contributed by atoms with Crippen molar-refractivity contribution in [2.75, 3.05) is 90.7 Å². The molecule has 0 aliphatic carbocycles. The van der Waals surface area contributed by atoms with Crippen molar-refractivity contribution >= 4 is 72.6 Å². The first-order valence-electron chi connectivity index (χ1n) is 37.4. The van der Waals surface area contributed by atoms with E-state index in [9.17, 15) is 13.6 Å². The van der Waals surface area contributed by atoms with Gasteiger partial charge in [0.15, 0.2) is 0 Å².